The summed E-state index contributed by atoms with van der Waals surface area (Å²) >= 11 is 1.36. The molecule has 0 atom stereocenters. The number of nitrogens with one attached hydrogen (secondary N) is 1. The lowest BCUT2D eigenvalue weighted by Crippen LogP contribution is -2.12. The molecule has 0 saturated heterocycles. The van der Waals surface area contributed by atoms with Crippen LogP contribution in [0.1, 0.15) is 49.4 Å². The maximum absolute atomic E-state index is 12.9. The molecule has 36 heavy (non-hydrogen) atoms. The van der Waals surface area contributed by atoms with Gasteiger partial charge >= 0.3 is 0 Å². The fourth-order valence-corrected chi connectivity index (χ4v) is 4.18. The van der Waals surface area contributed by atoms with Crippen LogP contribution in [0.3, 0.4) is 0 Å². The molecule has 1 aliphatic rings. The zero-order valence-corrected chi connectivity index (χ0v) is 21.1. The molecule has 2 aromatic carbocycles. The highest BCUT2D eigenvalue weighted by Gasteiger charge is 2.21. The van der Waals surface area contributed by atoms with E-state index in [0.717, 1.165) is 24.3 Å². The van der Waals surface area contributed by atoms with Crippen molar-refractivity contribution < 1.29 is 18.7 Å². The van der Waals surface area contributed by atoms with Crippen LogP contribution in [0.15, 0.2) is 58.5 Å². The second kappa shape index (κ2) is 10.9. The van der Waals surface area contributed by atoms with E-state index in [1.807, 2.05) is 29.6 Å². The van der Waals surface area contributed by atoms with Crippen LogP contribution < -0.4 is 14.8 Å². The summed E-state index contributed by atoms with van der Waals surface area (Å²) in [7, 11) is 0. The van der Waals surface area contributed by atoms with Gasteiger partial charge in [0.25, 0.3) is 5.91 Å². The Morgan fingerprint density at radius 3 is 2.64 bits per heavy atom. The number of thiazole rings is 1. The fourth-order valence-electron chi connectivity index (χ4n) is 3.65. The highest BCUT2D eigenvalue weighted by atomic mass is 32.1. The van der Waals surface area contributed by atoms with Gasteiger partial charge in [-0.15, -0.1) is 21.5 Å². The molecule has 1 saturated carbocycles. The third-order valence-electron chi connectivity index (χ3n) is 5.67. The Morgan fingerprint density at radius 2 is 1.92 bits per heavy atom. The summed E-state index contributed by atoms with van der Waals surface area (Å²) in [6.07, 6.45) is 5.95. The van der Waals surface area contributed by atoms with Crippen molar-refractivity contribution in [2.75, 3.05) is 11.9 Å². The van der Waals surface area contributed by atoms with Gasteiger partial charge < -0.3 is 13.9 Å². The molecule has 9 heteroatoms. The second-order valence-electron chi connectivity index (χ2n) is 9.29. The smallest absolute Gasteiger partial charge is 0.257 e. The van der Waals surface area contributed by atoms with Gasteiger partial charge in [-0.1, -0.05) is 26.7 Å². The van der Waals surface area contributed by atoms with E-state index in [0.29, 0.717) is 52.2 Å². The van der Waals surface area contributed by atoms with Crippen molar-refractivity contribution in [3.05, 3.63) is 65.5 Å². The molecule has 186 valence electrons. The summed E-state index contributed by atoms with van der Waals surface area (Å²) in [5.74, 6) is 3.75. The molecule has 8 nitrogen and oxygen atoms in total. The minimum Gasteiger partial charge on any atom is -0.493 e. The molecular weight excluding hydrogens is 476 g/mol. The summed E-state index contributed by atoms with van der Waals surface area (Å²) in [5, 5.41) is 13.4. The number of benzene rings is 2. The number of aromatic nitrogens is 3. The quantitative estimate of drug-likeness (QED) is 0.245. The number of nitrogens with zero attached hydrogens (tertiary/aromatic N) is 3. The van der Waals surface area contributed by atoms with Crippen LogP contribution in [-0.4, -0.2) is 27.7 Å². The molecule has 0 radical (unpaired) electrons. The number of carbonyl (C=O) groups excluding carboxylic acids is 1. The van der Waals surface area contributed by atoms with Crippen molar-refractivity contribution in [1.29, 1.82) is 0 Å². The number of anilines is 1. The predicted molar refractivity (Wildman–Crippen MR) is 138 cm³/mol. The lowest BCUT2D eigenvalue weighted by atomic mass is 10.1. The van der Waals surface area contributed by atoms with Crippen molar-refractivity contribution in [2.24, 2.45) is 11.8 Å². The molecule has 1 amide bonds. The van der Waals surface area contributed by atoms with Crippen LogP contribution in [0.5, 0.6) is 17.2 Å². The number of hydrogen-bond acceptors (Lipinski definition) is 8. The summed E-state index contributed by atoms with van der Waals surface area (Å²) in [6, 6.07) is 12.6. The zero-order valence-electron chi connectivity index (χ0n) is 20.3. The minimum atomic E-state index is -0.272. The van der Waals surface area contributed by atoms with Crippen molar-refractivity contribution in [2.45, 2.75) is 39.5 Å². The van der Waals surface area contributed by atoms with Gasteiger partial charge in [0.1, 0.15) is 17.2 Å². The fraction of sp³-hybridized carbons (Fsp3) is 0.333. The molecule has 2 heterocycles. The van der Waals surface area contributed by atoms with Gasteiger partial charge in [-0.2, -0.15) is 0 Å². The molecule has 2 aromatic heterocycles. The van der Waals surface area contributed by atoms with Crippen molar-refractivity contribution in [1.82, 2.24) is 15.2 Å². The number of carbonyl (C=O) groups is 1. The molecular formula is C27H28N4O4S. The number of amides is 1. The van der Waals surface area contributed by atoms with Crippen molar-refractivity contribution in [3.8, 4) is 28.7 Å². The summed E-state index contributed by atoms with van der Waals surface area (Å²) in [4.78, 5) is 17.0. The van der Waals surface area contributed by atoms with E-state index in [1.54, 1.807) is 24.4 Å². The van der Waals surface area contributed by atoms with E-state index in [2.05, 4.69) is 34.3 Å². The zero-order chi connectivity index (χ0) is 24.9. The van der Waals surface area contributed by atoms with E-state index >= 15 is 0 Å². The van der Waals surface area contributed by atoms with E-state index in [9.17, 15) is 4.79 Å². The van der Waals surface area contributed by atoms with Crippen LogP contribution in [0.4, 0.5) is 5.13 Å². The Morgan fingerprint density at radius 1 is 1.11 bits per heavy atom. The van der Waals surface area contributed by atoms with Gasteiger partial charge in [0.05, 0.1) is 6.61 Å². The lowest BCUT2D eigenvalue weighted by molar-refractivity contribution is 0.102. The molecule has 0 bridgehead atoms. The summed E-state index contributed by atoms with van der Waals surface area (Å²) in [5.41, 5.74) is 1.25. The maximum atomic E-state index is 12.9. The molecule has 1 aliphatic carbocycles. The van der Waals surface area contributed by atoms with Gasteiger partial charge in [0.15, 0.2) is 5.13 Å². The van der Waals surface area contributed by atoms with Crippen LogP contribution in [0, 0.1) is 11.8 Å². The Labute approximate surface area is 213 Å². The predicted octanol–water partition coefficient (Wildman–Crippen LogP) is 6.62. The van der Waals surface area contributed by atoms with Crippen molar-refractivity contribution in [3.63, 3.8) is 0 Å². The molecule has 1 fully saturated rings. The van der Waals surface area contributed by atoms with E-state index in [-0.39, 0.29) is 5.91 Å². The first-order valence-corrected chi connectivity index (χ1v) is 13.0. The monoisotopic (exact) mass is 504 g/mol. The standard InChI is InChI=1S/C27H28N4O4S/c1-17(2)13-24-30-31-26(35-24)19-5-7-21(8-6-19)34-23-15-20(25(32)29-27-28-10-12-36-27)14-22(16-23)33-11-9-18-3-4-18/h5-8,10,12,14-18H,3-4,9,11,13H2,1-2H3,(H,28,29,32). The highest BCUT2D eigenvalue weighted by molar-refractivity contribution is 7.13. The minimum absolute atomic E-state index is 0.272. The highest BCUT2D eigenvalue weighted by Crippen LogP contribution is 2.33. The van der Waals surface area contributed by atoms with Crippen LogP contribution in [0.2, 0.25) is 0 Å². The average molecular weight is 505 g/mol. The lowest BCUT2D eigenvalue weighted by Gasteiger charge is -2.12. The topological polar surface area (TPSA) is 99.4 Å². The van der Waals surface area contributed by atoms with Gasteiger partial charge in [-0.3, -0.25) is 10.1 Å². The molecule has 1 N–H and O–H groups in total. The first kappa shape index (κ1) is 24.0. The summed E-state index contributed by atoms with van der Waals surface area (Å²) in [6.45, 7) is 4.83. The van der Waals surface area contributed by atoms with E-state index < -0.39 is 0 Å². The number of ether oxygens (including phenoxy) is 2. The van der Waals surface area contributed by atoms with Crippen molar-refractivity contribution >= 4 is 22.4 Å². The summed E-state index contributed by atoms with van der Waals surface area (Å²) < 4.78 is 17.8. The third kappa shape index (κ3) is 6.48. The maximum Gasteiger partial charge on any atom is 0.257 e. The Bertz CT molecular complexity index is 1300. The first-order chi connectivity index (χ1) is 17.5. The third-order valence-corrected chi connectivity index (χ3v) is 6.36. The number of hydrogen-bond donors (Lipinski definition) is 1. The molecule has 0 unspecified atom stereocenters. The molecule has 4 aromatic rings. The largest absolute Gasteiger partial charge is 0.493 e. The van der Waals surface area contributed by atoms with Crippen LogP contribution in [-0.2, 0) is 6.42 Å². The Balaban J connectivity index is 1.31. The van der Waals surface area contributed by atoms with Gasteiger partial charge in [-0.05, 0) is 54.7 Å². The Hall–Kier alpha value is -3.72. The molecule has 5 rings (SSSR count). The van der Waals surface area contributed by atoms with Gasteiger partial charge in [0.2, 0.25) is 11.8 Å². The molecule has 0 spiro atoms. The van der Waals surface area contributed by atoms with E-state index in [1.165, 1.54) is 24.2 Å². The van der Waals surface area contributed by atoms with Gasteiger partial charge in [-0.25, -0.2) is 4.98 Å². The van der Waals surface area contributed by atoms with Crippen LogP contribution >= 0.6 is 11.3 Å². The Kier molecular flexibility index (Phi) is 7.27. The average Bonchev–Trinajstić information content (AvgIpc) is 3.32. The molecule has 0 aliphatic heterocycles. The SMILES string of the molecule is CC(C)Cc1nnc(-c2ccc(Oc3cc(OCCC4CC4)cc(C(=O)Nc4nccs4)c3)cc2)o1. The normalized spacial score (nSPS) is 13.1. The first-order valence-electron chi connectivity index (χ1n) is 12.1. The number of rotatable bonds is 11. The van der Waals surface area contributed by atoms with Gasteiger partial charge in [0, 0.05) is 35.2 Å². The van der Waals surface area contributed by atoms with E-state index in [4.69, 9.17) is 13.9 Å². The second-order valence-corrected chi connectivity index (χ2v) is 10.2. The van der Waals surface area contributed by atoms with Crippen LogP contribution in [0.25, 0.3) is 11.5 Å².